The third-order valence-corrected chi connectivity index (χ3v) is 7.22. The Labute approximate surface area is 210 Å². The molecule has 0 atom stereocenters. The van der Waals surface area contributed by atoms with Gasteiger partial charge in [0, 0.05) is 12.1 Å². The first-order valence-electron chi connectivity index (χ1n) is 10.1. The van der Waals surface area contributed by atoms with Crippen LogP contribution in [0.3, 0.4) is 0 Å². The molecule has 0 heterocycles. The predicted octanol–water partition coefficient (Wildman–Crippen LogP) is 4.02. The van der Waals surface area contributed by atoms with Gasteiger partial charge in [-0.05, 0) is 70.9 Å². The zero-order valence-electron chi connectivity index (χ0n) is 18.7. The highest BCUT2D eigenvalue weighted by molar-refractivity contribution is 9.10. The molecule has 3 aromatic rings. The topological polar surface area (TPSA) is 131 Å². The summed E-state index contributed by atoms with van der Waals surface area (Å²) < 4.78 is 33.6. The van der Waals surface area contributed by atoms with Crippen LogP contribution in [0.15, 0.2) is 81.2 Å². The lowest BCUT2D eigenvalue weighted by atomic mass is 10.2. The number of rotatable bonds is 9. The van der Waals surface area contributed by atoms with Crippen molar-refractivity contribution in [3.8, 4) is 5.75 Å². The molecule has 3 rings (SSSR count). The fraction of sp³-hybridized carbons (Fsp3) is 0.130. The summed E-state index contributed by atoms with van der Waals surface area (Å²) in [7, 11) is -2.66. The maximum Gasteiger partial charge on any atom is 0.269 e. The van der Waals surface area contributed by atoms with Crippen LogP contribution in [0.2, 0.25) is 0 Å². The van der Waals surface area contributed by atoms with Gasteiger partial charge in [-0.1, -0.05) is 17.7 Å². The van der Waals surface area contributed by atoms with E-state index in [1.807, 2.05) is 6.92 Å². The second-order valence-corrected chi connectivity index (χ2v) is 10.0. The lowest BCUT2D eigenvalue weighted by molar-refractivity contribution is -0.384. The number of carbonyl (C=O) groups excluding carboxylic acids is 1. The van der Waals surface area contributed by atoms with E-state index in [1.54, 1.807) is 24.3 Å². The van der Waals surface area contributed by atoms with Crippen molar-refractivity contribution in [2.75, 3.05) is 18.0 Å². The van der Waals surface area contributed by atoms with Crippen molar-refractivity contribution in [3.63, 3.8) is 0 Å². The number of halogens is 1. The van der Waals surface area contributed by atoms with Crippen molar-refractivity contribution in [1.82, 2.24) is 5.43 Å². The number of non-ortho nitro benzene ring substituents is 1. The van der Waals surface area contributed by atoms with Crippen LogP contribution in [0.25, 0.3) is 0 Å². The summed E-state index contributed by atoms with van der Waals surface area (Å²) in [5, 5.41) is 14.6. The number of aryl methyl sites for hydroxylation is 1. The summed E-state index contributed by atoms with van der Waals surface area (Å²) in [4.78, 5) is 22.8. The molecule has 3 aromatic carbocycles. The minimum absolute atomic E-state index is 0.0343. The van der Waals surface area contributed by atoms with Crippen LogP contribution in [0.4, 0.5) is 11.4 Å². The predicted molar refractivity (Wildman–Crippen MR) is 135 cm³/mol. The minimum atomic E-state index is -4.13. The van der Waals surface area contributed by atoms with Gasteiger partial charge in [0.25, 0.3) is 21.6 Å². The zero-order valence-corrected chi connectivity index (χ0v) is 21.1. The molecular formula is C23H21BrN4O6S. The fourth-order valence-corrected chi connectivity index (χ4v) is 5.13. The first kappa shape index (κ1) is 25.8. The molecule has 10 nitrogen and oxygen atoms in total. The van der Waals surface area contributed by atoms with E-state index in [1.165, 1.54) is 55.8 Å². The fourth-order valence-electron chi connectivity index (χ4n) is 2.99. The van der Waals surface area contributed by atoms with Crippen molar-refractivity contribution >= 4 is 49.4 Å². The molecule has 0 bridgehead atoms. The number of ether oxygens (including phenoxy) is 1. The number of nitro benzene ring substituents is 1. The summed E-state index contributed by atoms with van der Waals surface area (Å²) in [6, 6.07) is 16.6. The van der Waals surface area contributed by atoms with Gasteiger partial charge in [-0.15, -0.1) is 0 Å². The Hall–Kier alpha value is -3.77. The minimum Gasteiger partial charge on any atom is -0.496 e. The standard InChI is InChI=1S/C23H21BrN4O6S/c1-16-3-7-18(8-4-16)27(35(32,33)20-11-12-22(34-2)21(24)13-20)15-23(29)26-25-14-17-5-9-19(10-6-17)28(30)31/h3-14H,15H2,1-2H3,(H,26,29)/b25-14+. The van der Waals surface area contributed by atoms with Gasteiger partial charge >= 0.3 is 0 Å². The summed E-state index contributed by atoms with van der Waals surface area (Å²) in [6.07, 6.45) is 1.30. The third kappa shape index (κ3) is 6.43. The number of nitrogens with zero attached hydrogens (tertiary/aromatic N) is 3. The van der Waals surface area contributed by atoms with Gasteiger partial charge in [-0.25, -0.2) is 13.8 Å². The number of sulfonamides is 1. The molecular weight excluding hydrogens is 540 g/mol. The second kappa shape index (κ2) is 11.1. The van der Waals surface area contributed by atoms with E-state index in [0.717, 1.165) is 9.87 Å². The van der Waals surface area contributed by atoms with Crippen molar-refractivity contribution in [1.29, 1.82) is 0 Å². The Morgan fingerprint density at radius 3 is 2.37 bits per heavy atom. The van der Waals surface area contributed by atoms with Crippen molar-refractivity contribution in [2.24, 2.45) is 5.10 Å². The molecule has 182 valence electrons. The summed E-state index contributed by atoms with van der Waals surface area (Å²) in [5.41, 5.74) is 3.97. The lowest BCUT2D eigenvalue weighted by Gasteiger charge is -2.24. The Morgan fingerprint density at radius 1 is 1.14 bits per heavy atom. The van der Waals surface area contributed by atoms with Gasteiger partial charge in [-0.2, -0.15) is 5.10 Å². The largest absolute Gasteiger partial charge is 0.496 e. The first-order chi connectivity index (χ1) is 16.6. The van der Waals surface area contributed by atoms with E-state index < -0.39 is 27.4 Å². The van der Waals surface area contributed by atoms with E-state index in [4.69, 9.17) is 4.74 Å². The molecule has 12 heteroatoms. The molecule has 0 aliphatic carbocycles. The number of hydrazone groups is 1. The number of carbonyl (C=O) groups is 1. The molecule has 0 aromatic heterocycles. The van der Waals surface area contributed by atoms with Gasteiger partial charge in [0.15, 0.2) is 0 Å². The molecule has 0 aliphatic rings. The maximum atomic E-state index is 13.5. The highest BCUT2D eigenvalue weighted by atomic mass is 79.9. The average Bonchev–Trinajstić information content (AvgIpc) is 2.83. The van der Waals surface area contributed by atoms with Crippen LogP contribution in [-0.4, -0.2) is 39.1 Å². The number of methoxy groups -OCH3 is 1. The second-order valence-electron chi connectivity index (χ2n) is 7.29. The molecule has 35 heavy (non-hydrogen) atoms. The number of hydrogen-bond acceptors (Lipinski definition) is 7. The van der Waals surface area contributed by atoms with Crippen LogP contribution < -0.4 is 14.5 Å². The van der Waals surface area contributed by atoms with Crippen molar-refractivity contribution < 1.29 is 22.9 Å². The van der Waals surface area contributed by atoms with Gasteiger partial charge in [-0.3, -0.25) is 19.2 Å². The smallest absolute Gasteiger partial charge is 0.269 e. The van der Waals surface area contributed by atoms with Crippen molar-refractivity contribution in [3.05, 3.63) is 92.4 Å². The number of anilines is 1. The lowest BCUT2D eigenvalue weighted by Crippen LogP contribution is -2.39. The molecule has 1 amide bonds. The molecule has 0 fully saturated rings. The van der Waals surface area contributed by atoms with Crippen LogP contribution in [0.1, 0.15) is 11.1 Å². The first-order valence-corrected chi connectivity index (χ1v) is 12.3. The maximum absolute atomic E-state index is 13.5. The van der Waals surface area contributed by atoms with E-state index in [0.29, 0.717) is 21.5 Å². The quantitative estimate of drug-likeness (QED) is 0.239. The Morgan fingerprint density at radius 2 is 1.80 bits per heavy atom. The van der Waals surface area contributed by atoms with E-state index in [-0.39, 0.29) is 10.6 Å². The highest BCUT2D eigenvalue weighted by Crippen LogP contribution is 2.30. The third-order valence-electron chi connectivity index (χ3n) is 4.83. The summed E-state index contributed by atoms with van der Waals surface area (Å²) in [6.45, 7) is 1.33. The Kier molecular flexibility index (Phi) is 8.20. The molecule has 0 radical (unpaired) electrons. The highest BCUT2D eigenvalue weighted by Gasteiger charge is 2.28. The molecule has 0 saturated carbocycles. The monoisotopic (exact) mass is 560 g/mol. The van der Waals surface area contributed by atoms with Crippen LogP contribution in [0.5, 0.6) is 5.75 Å². The van der Waals surface area contributed by atoms with Crippen LogP contribution in [-0.2, 0) is 14.8 Å². The average molecular weight is 561 g/mol. The van der Waals surface area contributed by atoms with Crippen LogP contribution >= 0.6 is 15.9 Å². The molecule has 0 unspecified atom stereocenters. The molecule has 0 saturated heterocycles. The van der Waals surface area contributed by atoms with Crippen LogP contribution in [0, 0.1) is 17.0 Å². The van der Waals surface area contributed by atoms with E-state index in [9.17, 15) is 23.3 Å². The molecule has 1 N–H and O–H groups in total. The number of nitro groups is 1. The summed E-state index contributed by atoms with van der Waals surface area (Å²) in [5.74, 6) is -0.218. The SMILES string of the molecule is COc1ccc(S(=O)(=O)N(CC(=O)N/N=C/c2ccc([N+](=O)[O-])cc2)c2ccc(C)cc2)cc1Br. The van der Waals surface area contributed by atoms with Gasteiger partial charge < -0.3 is 4.74 Å². The van der Waals surface area contributed by atoms with Gasteiger partial charge in [0.2, 0.25) is 0 Å². The normalized spacial score (nSPS) is 11.3. The Bertz CT molecular complexity index is 1360. The van der Waals surface area contributed by atoms with E-state index in [2.05, 4.69) is 26.5 Å². The number of nitrogens with one attached hydrogen (secondary N) is 1. The van der Waals surface area contributed by atoms with Crippen molar-refractivity contribution in [2.45, 2.75) is 11.8 Å². The number of amides is 1. The van der Waals surface area contributed by atoms with Gasteiger partial charge in [0.1, 0.15) is 12.3 Å². The Balaban J connectivity index is 1.83. The molecule has 0 aliphatic heterocycles. The zero-order chi connectivity index (χ0) is 25.6. The number of hydrogen-bond donors (Lipinski definition) is 1. The summed E-state index contributed by atoms with van der Waals surface area (Å²) >= 11 is 3.29. The van der Waals surface area contributed by atoms with Gasteiger partial charge in [0.05, 0.1) is 33.3 Å². The number of benzene rings is 3. The van der Waals surface area contributed by atoms with E-state index >= 15 is 0 Å². The molecule has 0 spiro atoms.